The van der Waals surface area contributed by atoms with Crippen molar-refractivity contribution < 1.29 is 26.3 Å². The van der Waals surface area contributed by atoms with Crippen molar-refractivity contribution in [2.24, 2.45) is 5.14 Å². The van der Waals surface area contributed by atoms with Gasteiger partial charge in [0, 0.05) is 25.5 Å². The lowest BCUT2D eigenvalue weighted by molar-refractivity contribution is 0.285. The first-order valence-electron chi connectivity index (χ1n) is 14.5. The zero-order valence-electron chi connectivity index (χ0n) is 24.8. The Labute approximate surface area is 258 Å². The van der Waals surface area contributed by atoms with Crippen LogP contribution < -0.4 is 14.6 Å². The monoisotopic (exact) mass is 642 g/mol. The van der Waals surface area contributed by atoms with E-state index in [1.807, 2.05) is 48.5 Å². The molecule has 12 nitrogen and oxygen atoms in total. The Morgan fingerprint density at radius 3 is 1.45 bits per heavy atom. The molecule has 2 saturated carbocycles. The maximum atomic E-state index is 13.5. The highest BCUT2D eigenvalue weighted by atomic mass is 32.2. The molecule has 236 valence electrons. The van der Waals surface area contributed by atoms with Gasteiger partial charge < -0.3 is 9.47 Å². The van der Waals surface area contributed by atoms with Crippen molar-refractivity contribution in [2.45, 2.75) is 73.8 Å². The highest BCUT2D eigenvalue weighted by molar-refractivity contribution is 7.89. The Hall–Kier alpha value is -3.72. The van der Waals surface area contributed by atoms with Crippen LogP contribution in [0.5, 0.6) is 11.5 Å². The molecule has 2 aromatic carbocycles. The minimum absolute atomic E-state index is 0.0422. The predicted octanol–water partition coefficient (Wildman–Crippen LogP) is 4.27. The molecule has 4 aromatic rings. The van der Waals surface area contributed by atoms with E-state index in [0.29, 0.717) is 12.1 Å². The van der Waals surface area contributed by atoms with Crippen molar-refractivity contribution in [3.05, 3.63) is 84.2 Å². The summed E-state index contributed by atoms with van der Waals surface area (Å²) in [5.41, 5.74) is 1.74. The van der Waals surface area contributed by atoms with Gasteiger partial charge in [-0.05, 0) is 86.1 Å². The molecule has 0 saturated heterocycles. The highest BCUT2D eigenvalue weighted by Crippen LogP contribution is 2.32. The zero-order chi connectivity index (χ0) is 31.3. The number of nitrogens with zero attached hydrogens (tertiary/aromatic N) is 5. The molecule has 0 unspecified atom stereocenters. The predicted molar refractivity (Wildman–Crippen MR) is 164 cm³/mol. The maximum absolute atomic E-state index is 13.5. The zero-order valence-corrected chi connectivity index (χ0v) is 26.5. The fourth-order valence-electron chi connectivity index (χ4n) is 4.87. The van der Waals surface area contributed by atoms with E-state index < -0.39 is 20.0 Å². The van der Waals surface area contributed by atoms with Gasteiger partial charge in [-0.25, -0.2) is 22.0 Å². The Morgan fingerprint density at radius 1 is 0.705 bits per heavy atom. The third kappa shape index (κ3) is 7.49. The molecule has 0 bridgehead atoms. The molecule has 0 aliphatic heterocycles. The van der Waals surface area contributed by atoms with E-state index in [-0.39, 0.29) is 23.1 Å². The normalized spacial score (nSPS) is 15.6. The van der Waals surface area contributed by atoms with E-state index in [9.17, 15) is 16.8 Å². The molecule has 14 heteroatoms. The lowest BCUT2D eigenvalue weighted by Gasteiger charge is -2.25. The first-order valence-corrected chi connectivity index (χ1v) is 17.4. The van der Waals surface area contributed by atoms with Crippen LogP contribution in [0.4, 0.5) is 0 Å². The fraction of sp³-hybridized carbons (Fsp3) is 0.400. The Balaban J connectivity index is 0.000000245. The van der Waals surface area contributed by atoms with Gasteiger partial charge in [-0.1, -0.05) is 24.3 Å². The lowest BCUT2D eigenvalue weighted by Crippen LogP contribution is -2.31. The smallest absolute Gasteiger partial charge is 0.262 e. The largest absolute Gasteiger partial charge is 0.497 e. The van der Waals surface area contributed by atoms with Gasteiger partial charge in [0.05, 0.1) is 26.3 Å². The number of sulfonamides is 2. The van der Waals surface area contributed by atoms with Crippen LogP contribution in [0.15, 0.2) is 83.1 Å². The van der Waals surface area contributed by atoms with Gasteiger partial charge in [0.25, 0.3) is 20.0 Å². The third-order valence-corrected chi connectivity index (χ3v) is 10.5. The van der Waals surface area contributed by atoms with Crippen molar-refractivity contribution >= 4 is 20.0 Å². The van der Waals surface area contributed by atoms with Crippen LogP contribution >= 0.6 is 0 Å². The number of benzene rings is 2. The summed E-state index contributed by atoms with van der Waals surface area (Å²) in [6, 6.07) is 18.6. The lowest BCUT2D eigenvalue weighted by atomic mass is 9.93. The fourth-order valence-corrected chi connectivity index (χ4v) is 6.66. The van der Waals surface area contributed by atoms with Crippen LogP contribution in [-0.2, 0) is 33.1 Å². The van der Waals surface area contributed by atoms with Gasteiger partial charge in [0.1, 0.15) is 11.5 Å². The van der Waals surface area contributed by atoms with Gasteiger partial charge >= 0.3 is 0 Å². The van der Waals surface area contributed by atoms with Crippen molar-refractivity contribution in [3.8, 4) is 11.5 Å². The maximum Gasteiger partial charge on any atom is 0.262 e. The Morgan fingerprint density at radius 2 is 1.11 bits per heavy atom. The van der Waals surface area contributed by atoms with E-state index in [4.69, 9.17) is 14.6 Å². The molecule has 2 aliphatic rings. The summed E-state index contributed by atoms with van der Waals surface area (Å²) in [7, 11) is -4.21. The molecular formula is C30H38N6O6S2. The molecule has 2 aromatic heterocycles. The number of rotatable bonds is 11. The molecule has 0 spiro atoms. The second-order valence-electron chi connectivity index (χ2n) is 11.0. The van der Waals surface area contributed by atoms with E-state index in [1.54, 1.807) is 42.0 Å². The van der Waals surface area contributed by atoms with Crippen LogP contribution in [0.1, 0.15) is 61.7 Å². The molecule has 2 aliphatic carbocycles. The van der Waals surface area contributed by atoms with Gasteiger partial charge in [0.15, 0.2) is 10.1 Å². The summed E-state index contributed by atoms with van der Waals surface area (Å²) in [5, 5.41) is 13.3. The number of primary sulfonamides is 1. The summed E-state index contributed by atoms with van der Waals surface area (Å²) in [6.07, 6.45) is 10.0. The van der Waals surface area contributed by atoms with Crippen molar-refractivity contribution in [1.29, 1.82) is 0 Å². The standard InChI is InChI=1S/C23H27N3O4S.C7H11N3O2S/c1-29-21-10-6-18(7-11-21)16-25(17-19-8-12-22(30-2)13-9-19)31(27,28)23-14-15-26(24-23)20-4-3-5-20;8-13(11,12)7-4-5-10(9-7)6-2-1-3-6/h6-15,20H,3-5,16-17H2,1-2H3;4-6H,1-3H2,(H2,8,11,12). The number of ether oxygens (including phenoxy) is 2. The van der Waals surface area contributed by atoms with Crippen LogP contribution in [-0.4, -0.2) is 54.9 Å². The van der Waals surface area contributed by atoms with Crippen LogP contribution in [0.25, 0.3) is 0 Å². The average Bonchev–Trinajstić information content (AvgIpc) is 3.63. The van der Waals surface area contributed by atoms with Crippen molar-refractivity contribution in [1.82, 2.24) is 23.9 Å². The van der Waals surface area contributed by atoms with Crippen molar-refractivity contribution in [2.75, 3.05) is 14.2 Å². The first kappa shape index (κ1) is 31.7. The summed E-state index contributed by atoms with van der Waals surface area (Å²) in [4.78, 5) is 0. The second kappa shape index (κ2) is 13.5. The molecule has 0 radical (unpaired) electrons. The molecule has 44 heavy (non-hydrogen) atoms. The molecule has 2 N–H and O–H groups in total. The van der Waals surface area contributed by atoms with Gasteiger partial charge in [-0.2, -0.15) is 14.5 Å². The molecule has 0 amide bonds. The van der Waals surface area contributed by atoms with E-state index >= 15 is 0 Å². The Bertz CT molecular complexity index is 1690. The number of methoxy groups -OCH3 is 2. The van der Waals surface area contributed by atoms with Crippen LogP contribution in [0.2, 0.25) is 0 Å². The minimum Gasteiger partial charge on any atom is -0.497 e. The minimum atomic E-state index is -3.79. The van der Waals surface area contributed by atoms with E-state index in [2.05, 4.69) is 10.2 Å². The van der Waals surface area contributed by atoms with Gasteiger partial charge in [-0.3, -0.25) is 9.36 Å². The quantitative estimate of drug-likeness (QED) is 0.255. The summed E-state index contributed by atoms with van der Waals surface area (Å²) >= 11 is 0. The topological polar surface area (TPSA) is 152 Å². The third-order valence-electron chi connectivity index (χ3n) is 8.00. The number of aromatic nitrogens is 4. The summed E-state index contributed by atoms with van der Waals surface area (Å²) < 4.78 is 64.2. The van der Waals surface area contributed by atoms with E-state index in [1.165, 1.54) is 16.8 Å². The van der Waals surface area contributed by atoms with Gasteiger partial charge in [-0.15, -0.1) is 0 Å². The highest BCUT2D eigenvalue weighted by Gasteiger charge is 2.29. The molecule has 6 rings (SSSR count). The molecule has 2 heterocycles. The van der Waals surface area contributed by atoms with Crippen LogP contribution in [0, 0.1) is 0 Å². The number of nitrogens with two attached hydrogens (primary N) is 1. The summed E-state index contributed by atoms with van der Waals surface area (Å²) in [5.74, 6) is 1.46. The Kier molecular flexibility index (Phi) is 9.73. The second-order valence-corrected chi connectivity index (χ2v) is 14.3. The van der Waals surface area contributed by atoms with E-state index in [0.717, 1.165) is 54.7 Å². The van der Waals surface area contributed by atoms with Crippen LogP contribution in [0.3, 0.4) is 0 Å². The number of hydrogen-bond acceptors (Lipinski definition) is 8. The molecule has 0 atom stereocenters. The first-order chi connectivity index (χ1) is 21.1. The molecule has 2 fully saturated rings. The van der Waals surface area contributed by atoms with Gasteiger partial charge in [0.2, 0.25) is 0 Å². The summed E-state index contributed by atoms with van der Waals surface area (Å²) in [6.45, 7) is 0.462. The molecular weight excluding hydrogens is 604 g/mol. The SMILES string of the molecule is COc1ccc(CN(Cc2ccc(OC)cc2)S(=O)(=O)c2ccn(C3CCC3)n2)cc1.NS(=O)(=O)c1ccn(C2CCC2)n1. The average molecular weight is 643 g/mol. The van der Waals surface area contributed by atoms with Crippen molar-refractivity contribution in [3.63, 3.8) is 0 Å². The number of hydrogen-bond donors (Lipinski definition) is 1.